The van der Waals surface area contributed by atoms with Crippen molar-refractivity contribution in [3.8, 4) is 11.4 Å². The number of fused-ring (bicyclic) bond motifs is 1. The number of hydrogen-bond acceptors (Lipinski definition) is 3. The Morgan fingerprint density at radius 1 is 1.14 bits per heavy atom. The largest absolute Gasteiger partial charge is 0.332 e. The lowest BCUT2D eigenvalue weighted by molar-refractivity contribution is 0.579. The zero-order valence-electron chi connectivity index (χ0n) is 11.1. The summed E-state index contributed by atoms with van der Waals surface area (Å²) in [6.45, 7) is 1.49. The van der Waals surface area contributed by atoms with E-state index < -0.39 is 22.9 Å². The first-order chi connectivity index (χ1) is 9.88. The van der Waals surface area contributed by atoms with Crippen LogP contribution in [0.15, 0.2) is 21.7 Å². The lowest BCUT2D eigenvalue weighted by Crippen LogP contribution is -2.28. The van der Waals surface area contributed by atoms with E-state index in [9.17, 15) is 18.4 Å². The van der Waals surface area contributed by atoms with Gasteiger partial charge in [-0.3, -0.25) is 14.3 Å². The predicted octanol–water partition coefficient (Wildman–Crippen LogP) is 1.20. The van der Waals surface area contributed by atoms with Gasteiger partial charge in [-0.2, -0.15) is 0 Å². The van der Waals surface area contributed by atoms with Crippen molar-refractivity contribution in [2.45, 2.75) is 6.92 Å². The Balaban J connectivity index is 2.35. The molecule has 0 spiro atoms. The second kappa shape index (κ2) is 4.37. The summed E-state index contributed by atoms with van der Waals surface area (Å²) in [5.74, 6) is -1.42. The smallest absolute Gasteiger partial charge is 0.329 e. The molecule has 3 rings (SSSR count). The molecular weight excluding hydrogens is 282 g/mol. The summed E-state index contributed by atoms with van der Waals surface area (Å²) in [7, 11) is 1.43. The Labute approximate surface area is 116 Å². The molecule has 0 aliphatic heterocycles. The number of rotatable bonds is 1. The van der Waals surface area contributed by atoms with Crippen molar-refractivity contribution in [2.24, 2.45) is 7.05 Å². The van der Waals surface area contributed by atoms with Crippen LogP contribution in [0.5, 0.6) is 0 Å². The van der Waals surface area contributed by atoms with Crippen LogP contribution >= 0.6 is 0 Å². The predicted molar refractivity (Wildman–Crippen MR) is 72.0 cm³/mol. The average molecular weight is 292 g/mol. The minimum absolute atomic E-state index is 0.0250. The van der Waals surface area contributed by atoms with E-state index in [1.54, 1.807) is 0 Å². The molecule has 0 saturated heterocycles. The Bertz CT molecular complexity index is 984. The van der Waals surface area contributed by atoms with Crippen molar-refractivity contribution in [1.29, 1.82) is 0 Å². The molecule has 3 aromatic rings. The molecule has 2 heterocycles. The van der Waals surface area contributed by atoms with E-state index in [1.165, 1.54) is 20.0 Å². The standard InChI is InChI=1S/C13H10F2N4O2/c1-5-3-6(8(15)4-7(5)14)10-16-9-11(17-10)19(2)13(21)18-12(9)20/h3-4H,1-2H3,(H,16,17)(H,18,20,21). The third kappa shape index (κ3) is 1.95. The van der Waals surface area contributed by atoms with Crippen LogP contribution < -0.4 is 11.2 Å². The number of aromatic nitrogens is 4. The van der Waals surface area contributed by atoms with Gasteiger partial charge in [0.05, 0.1) is 5.56 Å². The first kappa shape index (κ1) is 13.2. The highest BCUT2D eigenvalue weighted by Gasteiger charge is 2.16. The minimum atomic E-state index is -0.807. The van der Waals surface area contributed by atoms with Crippen molar-refractivity contribution in [2.75, 3.05) is 0 Å². The summed E-state index contributed by atoms with van der Waals surface area (Å²) in [4.78, 5) is 32.0. The molecule has 108 valence electrons. The molecule has 21 heavy (non-hydrogen) atoms. The van der Waals surface area contributed by atoms with E-state index in [2.05, 4.69) is 15.0 Å². The van der Waals surface area contributed by atoms with Gasteiger partial charge in [0.1, 0.15) is 23.0 Å². The van der Waals surface area contributed by atoms with Gasteiger partial charge in [-0.15, -0.1) is 0 Å². The number of nitrogens with one attached hydrogen (secondary N) is 2. The van der Waals surface area contributed by atoms with E-state index in [1.807, 2.05) is 0 Å². The number of H-pyrrole nitrogens is 2. The molecule has 0 radical (unpaired) electrons. The fourth-order valence-electron chi connectivity index (χ4n) is 2.07. The van der Waals surface area contributed by atoms with Gasteiger partial charge >= 0.3 is 5.69 Å². The maximum atomic E-state index is 13.9. The highest BCUT2D eigenvalue weighted by molar-refractivity contribution is 5.75. The zero-order chi connectivity index (χ0) is 15.3. The number of benzene rings is 1. The van der Waals surface area contributed by atoms with Gasteiger partial charge in [-0.05, 0) is 18.6 Å². The molecule has 0 fully saturated rings. The van der Waals surface area contributed by atoms with Gasteiger partial charge in [0.25, 0.3) is 5.56 Å². The molecular formula is C13H10F2N4O2. The van der Waals surface area contributed by atoms with Crippen LogP contribution in [0.4, 0.5) is 8.78 Å². The van der Waals surface area contributed by atoms with Crippen molar-refractivity contribution in [3.05, 3.63) is 50.2 Å². The summed E-state index contributed by atoms with van der Waals surface area (Å²) in [5.41, 5.74) is -0.854. The topological polar surface area (TPSA) is 83.5 Å². The van der Waals surface area contributed by atoms with E-state index >= 15 is 0 Å². The normalized spacial score (nSPS) is 11.2. The average Bonchev–Trinajstić information content (AvgIpc) is 2.86. The number of nitrogens with zero attached hydrogens (tertiary/aromatic N) is 2. The second-order valence-electron chi connectivity index (χ2n) is 4.68. The third-order valence-corrected chi connectivity index (χ3v) is 3.26. The molecule has 0 saturated carbocycles. The van der Waals surface area contributed by atoms with E-state index in [4.69, 9.17) is 0 Å². The second-order valence-corrected chi connectivity index (χ2v) is 4.68. The molecule has 0 amide bonds. The van der Waals surface area contributed by atoms with Crippen LogP contribution in [0.1, 0.15) is 5.56 Å². The summed E-state index contributed by atoms with van der Waals surface area (Å²) in [6.07, 6.45) is 0. The van der Waals surface area contributed by atoms with Crippen molar-refractivity contribution < 1.29 is 8.78 Å². The molecule has 0 atom stereocenters. The highest BCUT2D eigenvalue weighted by atomic mass is 19.1. The SMILES string of the molecule is Cc1cc(-c2nc3c([nH]2)c(=O)[nH]c(=O)n3C)c(F)cc1F. The molecule has 2 aromatic heterocycles. The monoisotopic (exact) mass is 292 g/mol. The summed E-state index contributed by atoms with van der Waals surface area (Å²) >= 11 is 0. The van der Waals surface area contributed by atoms with Gasteiger partial charge in [0.2, 0.25) is 0 Å². The molecule has 2 N–H and O–H groups in total. The lowest BCUT2D eigenvalue weighted by Gasteiger charge is -2.02. The first-order valence-corrected chi connectivity index (χ1v) is 6.03. The Morgan fingerprint density at radius 3 is 2.57 bits per heavy atom. The maximum absolute atomic E-state index is 13.9. The first-order valence-electron chi connectivity index (χ1n) is 6.03. The van der Waals surface area contributed by atoms with Gasteiger partial charge in [-0.1, -0.05) is 0 Å². The van der Waals surface area contributed by atoms with E-state index in [0.29, 0.717) is 0 Å². The fourth-order valence-corrected chi connectivity index (χ4v) is 2.07. The van der Waals surface area contributed by atoms with E-state index in [-0.39, 0.29) is 28.1 Å². The van der Waals surface area contributed by atoms with Gasteiger partial charge in [0, 0.05) is 13.1 Å². The fraction of sp³-hybridized carbons (Fsp3) is 0.154. The number of hydrogen-bond donors (Lipinski definition) is 2. The number of imidazole rings is 1. The number of halogens is 2. The third-order valence-electron chi connectivity index (χ3n) is 3.26. The quantitative estimate of drug-likeness (QED) is 0.707. The van der Waals surface area contributed by atoms with Crippen LogP contribution in [0.3, 0.4) is 0 Å². The van der Waals surface area contributed by atoms with Crippen molar-refractivity contribution >= 4 is 11.2 Å². The maximum Gasteiger partial charge on any atom is 0.329 e. The van der Waals surface area contributed by atoms with Crippen LogP contribution in [0.2, 0.25) is 0 Å². The van der Waals surface area contributed by atoms with E-state index in [0.717, 1.165) is 10.6 Å². The van der Waals surface area contributed by atoms with Crippen molar-refractivity contribution in [3.63, 3.8) is 0 Å². The summed E-state index contributed by atoms with van der Waals surface area (Å²) in [6, 6.07) is 2.04. The lowest BCUT2D eigenvalue weighted by atomic mass is 10.1. The molecule has 8 heteroatoms. The van der Waals surface area contributed by atoms with Gasteiger partial charge in [-0.25, -0.2) is 18.6 Å². The van der Waals surface area contributed by atoms with Crippen LogP contribution in [-0.2, 0) is 7.05 Å². The molecule has 0 unspecified atom stereocenters. The Kier molecular flexibility index (Phi) is 2.75. The van der Waals surface area contributed by atoms with Gasteiger partial charge in [0.15, 0.2) is 5.65 Å². The van der Waals surface area contributed by atoms with Crippen LogP contribution in [-0.4, -0.2) is 19.5 Å². The van der Waals surface area contributed by atoms with Gasteiger partial charge < -0.3 is 4.98 Å². The van der Waals surface area contributed by atoms with Crippen LogP contribution in [0.25, 0.3) is 22.6 Å². The summed E-state index contributed by atoms with van der Waals surface area (Å²) in [5, 5.41) is 0. The Morgan fingerprint density at radius 2 is 1.86 bits per heavy atom. The minimum Gasteiger partial charge on any atom is -0.332 e. The number of aryl methyl sites for hydroxylation is 2. The van der Waals surface area contributed by atoms with Crippen molar-refractivity contribution in [1.82, 2.24) is 19.5 Å². The number of aromatic amines is 2. The molecule has 6 nitrogen and oxygen atoms in total. The highest BCUT2D eigenvalue weighted by Crippen LogP contribution is 2.24. The Hall–Kier alpha value is -2.77. The molecule has 0 bridgehead atoms. The molecule has 0 aliphatic rings. The molecule has 0 aliphatic carbocycles. The van der Waals surface area contributed by atoms with Crippen LogP contribution in [0, 0.1) is 18.6 Å². The summed E-state index contributed by atoms with van der Waals surface area (Å²) < 4.78 is 28.3. The zero-order valence-corrected chi connectivity index (χ0v) is 11.1. The molecule has 1 aromatic carbocycles.